The minimum atomic E-state index is -0.450. The molecular weight excluding hydrogens is 250 g/mol. The van der Waals surface area contributed by atoms with Crippen LogP contribution in [0.5, 0.6) is 0 Å². The predicted octanol–water partition coefficient (Wildman–Crippen LogP) is 1.68. The fourth-order valence-electron chi connectivity index (χ4n) is 2.47. The van der Waals surface area contributed by atoms with Crippen LogP contribution in [0.15, 0.2) is 30.3 Å². The third kappa shape index (κ3) is 3.37. The number of hydrogen-bond donors (Lipinski definition) is 0. The van der Waals surface area contributed by atoms with Crippen molar-refractivity contribution in [3.8, 4) is 6.07 Å². The molecule has 0 N–H and O–H groups in total. The molecule has 0 aliphatic carbocycles. The van der Waals surface area contributed by atoms with Crippen molar-refractivity contribution in [1.29, 1.82) is 5.26 Å². The third-order valence-electron chi connectivity index (χ3n) is 3.89. The van der Waals surface area contributed by atoms with Crippen LogP contribution in [-0.2, 0) is 11.2 Å². The molecule has 0 spiro atoms. The molecule has 0 atom stereocenters. The molecule has 1 aromatic rings. The zero-order chi connectivity index (χ0) is 14.6. The number of carbonyl (C=O) groups excluding carboxylic acids is 1. The molecule has 0 unspecified atom stereocenters. The second-order valence-corrected chi connectivity index (χ2v) is 5.70. The van der Waals surface area contributed by atoms with Crippen LogP contribution >= 0.6 is 0 Å². The van der Waals surface area contributed by atoms with Gasteiger partial charge in [0.15, 0.2) is 0 Å². The molecule has 4 heteroatoms. The summed E-state index contributed by atoms with van der Waals surface area (Å²) in [6.07, 6.45) is 0.461. The molecule has 1 fully saturated rings. The number of nitrogens with zero attached hydrogens (tertiary/aromatic N) is 3. The smallest absolute Gasteiger partial charge is 0.227 e. The molecule has 1 aromatic carbocycles. The number of benzene rings is 1. The first-order chi connectivity index (χ1) is 9.53. The molecule has 0 radical (unpaired) electrons. The van der Waals surface area contributed by atoms with Crippen molar-refractivity contribution in [3.05, 3.63) is 35.9 Å². The first-order valence-corrected chi connectivity index (χ1v) is 7.01. The van der Waals surface area contributed by atoms with Gasteiger partial charge < -0.3 is 4.90 Å². The molecule has 4 nitrogen and oxygen atoms in total. The van der Waals surface area contributed by atoms with Crippen molar-refractivity contribution in [1.82, 2.24) is 9.80 Å². The van der Waals surface area contributed by atoms with Gasteiger partial charge in [0.05, 0.1) is 12.5 Å². The lowest BCUT2D eigenvalue weighted by molar-refractivity contribution is -0.132. The highest BCUT2D eigenvalue weighted by Crippen LogP contribution is 2.16. The van der Waals surface area contributed by atoms with Gasteiger partial charge >= 0.3 is 0 Å². The van der Waals surface area contributed by atoms with E-state index in [4.69, 9.17) is 5.26 Å². The Kier molecular flexibility index (Phi) is 4.41. The van der Waals surface area contributed by atoms with Gasteiger partial charge in [-0.3, -0.25) is 9.69 Å². The molecule has 20 heavy (non-hydrogen) atoms. The first kappa shape index (κ1) is 14.5. The van der Waals surface area contributed by atoms with Crippen LogP contribution in [0.2, 0.25) is 0 Å². The Hall–Kier alpha value is -1.86. The van der Waals surface area contributed by atoms with Crippen LogP contribution in [-0.4, -0.2) is 47.4 Å². The van der Waals surface area contributed by atoms with E-state index in [9.17, 15) is 4.79 Å². The highest BCUT2D eigenvalue weighted by Gasteiger charge is 2.30. The maximum Gasteiger partial charge on any atom is 0.227 e. The quantitative estimate of drug-likeness (QED) is 0.840. The molecule has 1 heterocycles. The van der Waals surface area contributed by atoms with Crippen LogP contribution in [0.3, 0.4) is 0 Å². The van der Waals surface area contributed by atoms with Crippen LogP contribution in [0.25, 0.3) is 0 Å². The maximum atomic E-state index is 12.2. The molecule has 0 aromatic heterocycles. The van der Waals surface area contributed by atoms with Gasteiger partial charge in [0.2, 0.25) is 5.91 Å². The molecule has 1 amide bonds. The van der Waals surface area contributed by atoms with Gasteiger partial charge in [-0.15, -0.1) is 0 Å². The highest BCUT2D eigenvalue weighted by atomic mass is 16.2. The molecule has 106 valence electrons. The largest absolute Gasteiger partial charge is 0.340 e. The Balaban J connectivity index is 1.88. The van der Waals surface area contributed by atoms with E-state index in [0.29, 0.717) is 19.5 Å². The summed E-state index contributed by atoms with van der Waals surface area (Å²) in [7, 11) is 0. The van der Waals surface area contributed by atoms with Crippen molar-refractivity contribution in [3.63, 3.8) is 0 Å². The SMILES string of the molecule is CC(C)(C#N)N1CCN(C(=O)Cc2ccccc2)CC1. The van der Waals surface area contributed by atoms with Gasteiger partial charge in [0.25, 0.3) is 0 Å². The van der Waals surface area contributed by atoms with Crippen molar-refractivity contribution < 1.29 is 4.79 Å². The summed E-state index contributed by atoms with van der Waals surface area (Å²) in [6.45, 7) is 6.79. The van der Waals surface area contributed by atoms with Crippen LogP contribution in [0.4, 0.5) is 0 Å². The Bertz CT molecular complexity index is 496. The zero-order valence-electron chi connectivity index (χ0n) is 12.2. The minimum Gasteiger partial charge on any atom is -0.340 e. The molecule has 0 bridgehead atoms. The number of piperazine rings is 1. The number of hydrogen-bond acceptors (Lipinski definition) is 3. The molecule has 2 rings (SSSR count). The van der Waals surface area contributed by atoms with E-state index in [2.05, 4.69) is 11.0 Å². The Labute approximate surface area is 120 Å². The van der Waals surface area contributed by atoms with Gasteiger partial charge in [0.1, 0.15) is 5.54 Å². The number of carbonyl (C=O) groups is 1. The summed E-state index contributed by atoms with van der Waals surface area (Å²) in [4.78, 5) is 16.3. The maximum absolute atomic E-state index is 12.2. The van der Waals surface area contributed by atoms with Crippen molar-refractivity contribution >= 4 is 5.91 Å². The lowest BCUT2D eigenvalue weighted by Crippen LogP contribution is -2.55. The van der Waals surface area contributed by atoms with Gasteiger partial charge in [-0.1, -0.05) is 30.3 Å². The van der Waals surface area contributed by atoms with Crippen molar-refractivity contribution in [2.45, 2.75) is 25.8 Å². The Morgan fingerprint density at radius 3 is 2.35 bits per heavy atom. The predicted molar refractivity (Wildman–Crippen MR) is 78.0 cm³/mol. The number of nitriles is 1. The second kappa shape index (κ2) is 6.06. The summed E-state index contributed by atoms with van der Waals surface area (Å²) < 4.78 is 0. The summed E-state index contributed by atoms with van der Waals surface area (Å²) in [5, 5.41) is 9.14. The monoisotopic (exact) mass is 271 g/mol. The van der Waals surface area contributed by atoms with Crippen LogP contribution < -0.4 is 0 Å². The van der Waals surface area contributed by atoms with Crippen molar-refractivity contribution in [2.24, 2.45) is 0 Å². The molecule has 1 aliphatic heterocycles. The summed E-state index contributed by atoms with van der Waals surface area (Å²) >= 11 is 0. The first-order valence-electron chi connectivity index (χ1n) is 7.01. The standard InChI is InChI=1S/C16H21N3O/c1-16(2,13-17)19-10-8-18(9-11-19)15(20)12-14-6-4-3-5-7-14/h3-7H,8-12H2,1-2H3. The van der Waals surface area contributed by atoms with E-state index in [1.165, 1.54) is 0 Å². The zero-order valence-corrected chi connectivity index (χ0v) is 12.2. The molecule has 1 aliphatic rings. The third-order valence-corrected chi connectivity index (χ3v) is 3.89. The lowest BCUT2D eigenvalue weighted by Gasteiger charge is -2.40. The van der Waals surface area contributed by atoms with Gasteiger partial charge in [-0.2, -0.15) is 5.26 Å². The van der Waals surface area contributed by atoms with E-state index >= 15 is 0 Å². The van der Waals surface area contributed by atoms with Crippen LogP contribution in [0, 0.1) is 11.3 Å². The highest BCUT2D eigenvalue weighted by molar-refractivity contribution is 5.78. The Morgan fingerprint density at radius 1 is 1.20 bits per heavy atom. The summed E-state index contributed by atoms with van der Waals surface area (Å²) in [5.74, 6) is 0.172. The average Bonchev–Trinajstić information content (AvgIpc) is 2.48. The molecule has 1 saturated heterocycles. The van der Waals surface area contributed by atoms with E-state index < -0.39 is 5.54 Å². The fraction of sp³-hybridized carbons (Fsp3) is 0.500. The van der Waals surface area contributed by atoms with Gasteiger partial charge in [0, 0.05) is 26.2 Å². The van der Waals surface area contributed by atoms with E-state index in [1.807, 2.05) is 49.1 Å². The molecular formula is C16H21N3O. The average molecular weight is 271 g/mol. The minimum absolute atomic E-state index is 0.172. The number of amides is 1. The normalized spacial score (nSPS) is 16.8. The lowest BCUT2D eigenvalue weighted by atomic mass is 10.0. The summed E-state index contributed by atoms with van der Waals surface area (Å²) in [5.41, 5.74) is 0.603. The van der Waals surface area contributed by atoms with E-state index in [1.54, 1.807) is 0 Å². The van der Waals surface area contributed by atoms with E-state index in [0.717, 1.165) is 18.7 Å². The van der Waals surface area contributed by atoms with Gasteiger partial charge in [-0.05, 0) is 19.4 Å². The second-order valence-electron chi connectivity index (χ2n) is 5.70. The fourth-order valence-corrected chi connectivity index (χ4v) is 2.47. The van der Waals surface area contributed by atoms with Gasteiger partial charge in [-0.25, -0.2) is 0 Å². The Morgan fingerprint density at radius 2 is 1.80 bits per heavy atom. The summed E-state index contributed by atoms with van der Waals surface area (Å²) in [6, 6.07) is 12.1. The van der Waals surface area contributed by atoms with Crippen LogP contribution in [0.1, 0.15) is 19.4 Å². The van der Waals surface area contributed by atoms with E-state index in [-0.39, 0.29) is 5.91 Å². The number of rotatable bonds is 3. The topological polar surface area (TPSA) is 47.3 Å². The molecule has 0 saturated carbocycles. The van der Waals surface area contributed by atoms with Crippen molar-refractivity contribution in [2.75, 3.05) is 26.2 Å².